The lowest BCUT2D eigenvalue weighted by molar-refractivity contribution is -0.661. The molecule has 5 heteroatoms. The number of aromatic nitrogens is 2. The van der Waals surface area contributed by atoms with Crippen molar-refractivity contribution in [2.24, 2.45) is 7.05 Å². The average Bonchev–Trinajstić information content (AvgIpc) is 3.26. The molecule has 0 spiro atoms. The zero-order chi connectivity index (χ0) is 24.8. The molecule has 0 fully saturated rings. The van der Waals surface area contributed by atoms with Crippen LogP contribution in [0.2, 0.25) is 0 Å². The number of benzene rings is 3. The highest BCUT2D eigenvalue weighted by atomic mass is 19.1. The minimum absolute atomic E-state index is 0.303. The highest BCUT2D eigenvalue weighted by Crippen LogP contribution is 2.39. The smallest absolute Gasteiger partial charge is 0.228 e. The van der Waals surface area contributed by atoms with Crippen LogP contribution in [0.15, 0.2) is 95.5 Å². The lowest BCUT2D eigenvalue weighted by atomic mass is 9.96. The van der Waals surface area contributed by atoms with Crippen LogP contribution in [0.25, 0.3) is 55.6 Å². The van der Waals surface area contributed by atoms with Crippen LogP contribution in [-0.4, -0.2) is 4.98 Å². The zero-order valence-corrected chi connectivity index (χ0v) is 19.8. The fourth-order valence-electron chi connectivity index (χ4n) is 4.82. The van der Waals surface area contributed by atoms with Crippen LogP contribution in [0.3, 0.4) is 0 Å². The van der Waals surface area contributed by atoms with E-state index in [2.05, 4.69) is 35.3 Å². The summed E-state index contributed by atoms with van der Waals surface area (Å²) in [4.78, 5) is 4.62. The van der Waals surface area contributed by atoms with Gasteiger partial charge < -0.3 is 4.42 Å². The third kappa shape index (κ3) is 3.52. The van der Waals surface area contributed by atoms with Crippen LogP contribution in [0.1, 0.15) is 11.3 Å². The molecule has 36 heavy (non-hydrogen) atoms. The second kappa shape index (κ2) is 8.44. The molecule has 0 amide bonds. The Morgan fingerprint density at radius 1 is 0.861 bits per heavy atom. The van der Waals surface area contributed by atoms with Gasteiger partial charge in [-0.15, -0.1) is 0 Å². The largest absolute Gasteiger partial charge is 0.437 e. The fraction of sp³-hybridized carbons (Fsp3) is 0.0645. The SMILES string of the molecule is Cc1ccc2c(oc3nc(C#N)c(-c4cccc(-c5ccccc5)c4)cc32)c1-c1ccc(F)c[n+]1C. The summed E-state index contributed by atoms with van der Waals surface area (Å²) < 4.78 is 21.8. The monoisotopic (exact) mass is 470 g/mol. The zero-order valence-electron chi connectivity index (χ0n) is 19.8. The third-order valence-electron chi connectivity index (χ3n) is 6.58. The molecular formula is C31H21FN3O+. The minimum atomic E-state index is -0.307. The predicted molar refractivity (Wildman–Crippen MR) is 138 cm³/mol. The van der Waals surface area contributed by atoms with E-state index in [9.17, 15) is 9.65 Å². The van der Waals surface area contributed by atoms with Crippen molar-refractivity contribution in [1.82, 2.24) is 4.98 Å². The summed E-state index contributed by atoms with van der Waals surface area (Å²) in [6, 6.07) is 29.7. The summed E-state index contributed by atoms with van der Waals surface area (Å²) in [5, 5.41) is 11.7. The molecule has 0 aliphatic heterocycles. The molecule has 0 saturated carbocycles. The topological polar surface area (TPSA) is 53.7 Å². The van der Waals surface area contributed by atoms with Gasteiger partial charge in [-0.3, -0.25) is 0 Å². The van der Waals surface area contributed by atoms with Gasteiger partial charge in [-0.2, -0.15) is 9.83 Å². The van der Waals surface area contributed by atoms with Crippen LogP contribution in [0, 0.1) is 24.1 Å². The molecule has 3 aromatic carbocycles. The van der Waals surface area contributed by atoms with Crippen LogP contribution >= 0.6 is 0 Å². The van der Waals surface area contributed by atoms with Gasteiger partial charge in [0.05, 0.1) is 5.56 Å². The molecule has 0 atom stereocenters. The molecule has 6 aromatic rings. The Morgan fingerprint density at radius 3 is 2.42 bits per heavy atom. The van der Waals surface area contributed by atoms with E-state index in [1.54, 1.807) is 10.6 Å². The number of pyridine rings is 2. The molecule has 172 valence electrons. The molecular weight excluding hydrogens is 449 g/mol. The molecule has 0 bridgehead atoms. The summed E-state index contributed by atoms with van der Waals surface area (Å²) in [5.74, 6) is -0.307. The van der Waals surface area contributed by atoms with Gasteiger partial charge in [0.15, 0.2) is 17.1 Å². The van der Waals surface area contributed by atoms with Gasteiger partial charge in [-0.1, -0.05) is 60.7 Å². The number of hydrogen-bond donors (Lipinski definition) is 0. The number of hydrogen-bond acceptors (Lipinski definition) is 3. The van der Waals surface area contributed by atoms with Crippen LogP contribution in [-0.2, 0) is 7.05 Å². The Kier molecular flexibility index (Phi) is 5.09. The van der Waals surface area contributed by atoms with E-state index in [1.165, 1.54) is 12.3 Å². The maximum Gasteiger partial charge on any atom is 0.228 e. The fourth-order valence-corrected chi connectivity index (χ4v) is 4.82. The Hall–Kier alpha value is -4.82. The van der Waals surface area contributed by atoms with Gasteiger partial charge in [0.25, 0.3) is 0 Å². The quantitative estimate of drug-likeness (QED) is 0.259. The first-order chi connectivity index (χ1) is 17.5. The number of nitrogens with zero attached hydrogens (tertiary/aromatic N) is 3. The van der Waals surface area contributed by atoms with Gasteiger partial charge in [0.2, 0.25) is 17.6 Å². The van der Waals surface area contributed by atoms with Crippen molar-refractivity contribution in [2.45, 2.75) is 6.92 Å². The molecule has 0 unspecified atom stereocenters. The number of halogens is 1. The summed E-state index contributed by atoms with van der Waals surface area (Å²) >= 11 is 0. The van der Waals surface area contributed by atoms with E-state index in [0.29, 0.717) is 17.0 Å². The third-order valence-corrected chi connectivity index (χ3v) is 6.58. The molecule has 0 N–H and O–H groups in total. The van der Waals surface area contributed by atoms with Crippen molar-refractivity contribution < 1.29 is 13.4 Å². The minimum Gasteiger partial charge on any atom is -0.437 e. The van der Waals surface area contributed by atoms with Crippen molar-refractivity contribution in [2.75, 3.05) is 0 Å². The van der Waals surface area contributed by atoms with Gasteiger partial charge in [0.1, 0.15) is 13.1 Å². The Bertz CT molecular complexity index is 1830. The number of fused-ring (bicyclic) bond motifs is 3. The van der Waals surface area contributed by atoms with Crippen LogP contribution in [0.4, 0.5) is 4.39 Å². The van der Waals surface area contributed by atoms with E-state index in [0.717, 1.165) is 49.8 Å². The first-order valence-corrected chi connectivity index (χ1v) is 11.6. The normalized spacial score (nSPS) is 11.2. The highest BCUT2D eigenvalue weighted by molar-refractivity contribution is 6.10. The molecule has 6 rings (SSSR count). The second-order valence-corrected chi connectivity index (χ2v) is 8.88. The molecule has 0 radical (unpaired) electrons. The number of rotatable bonds is 3. The van der Waals surface area contributed by atoms with Crippen molar-refractivity contribution >= 4 is 22.1 Å². The van der Waals surface area contributed by atoms with Gasteiger partial charge >= 0.3 is 0 Å². The summed E-state index contributed by atoms with van der Waals surface area (Å²) in [7, 11) is 1.81. The second-order valence-electron chi connectivity index (χ2n) is 8.88. The molecule has 4 nitrogen and oxygen atoms in total. The Labute approximate surface area is 207 Å². The molecule has 3 aromatic heterocycles. The number of furan rings is 1. The molecule has 0 aliphatic rings. The predicted octanol–water partition coefficient (Wildman–Crippen LogP) is 7.13. The standard InChI is InChI=1S/C31H21FN3O/c1-19-11-13-24-26-16-25(22-10-6-9-21(15-22)20-7-4-3-5-8-20)27(17-33)34-31(26)36-30(24)29(19)28-14-12-23(32)18-35(28)2/h3-16,18H,1-2H3/q+1. The lowest BCUT2D eigenvalue weighted by Crippen LogP contribution is -2.31. The van der Waals surface area contributed by atoms with E-state index in [-0.39, 0.29) is 5.82 Å². The highest BCUT2D eigenvalue weighted by Gasteiger charge is 2.22. The molecule has 0 aliphatic carbocycles. The van der Waals surface area contributed by atoms with E-state index >= 15 is 0 Å². The van der Waals surface area contributed by atoms with Crippen molar-refractivity contribution in [3.63, 3.8) is 0 Å². The van der Waals surface area contributed by atoms with Crippen LogP contribution in [0.5, 0.6) is 0 Å². The molecule has 0 saturated heterocycles. The van der Waals surface area contributed by atoms with Crippen molar-refractivity contribution in [3.05, 3.63) is 108 Å². The van der Waals surface area contributed by atoms with Gasteiger partial charge in [-0.25, -0.2) is 9.37 Å². The van der Waals surface area contributed by atoms with Crippen molar-refractivity contribution in [3.8, 4) is 39.6 Å². The van der Waals surface area contributed by atoms with E-state index < -0.39 is 0 Å². The van der Waals surface area contributed by atoms with Gasteiger partial charge in [0, 0.05) is 22.4 Å². The molecule has 3 heterocycles. The summed E-state index contributed by atoms with van der Waals surface area (Å²) in [6.07, 6.45) is 1.44. The van der Waals surface area contributed by atoms with Crippen molar-refractivity contribution in [1.29, 1.82) is 5.26 Å². The first kappa shape index (κ1) is 21.7. The van der Waals surface area contributed by atoms with Crippen LogP contribution < -0.4 is 4.57 Å². The van der Waals surface area contributed by atoms with E-state index in [4.69, 9.17) is 4.42 Å². The maximum atomic E-state index is 13.8. The average molecular weight is 471 g/mol. The number of nitriles is 1. The first-order valence-electron chi connectivity index (χ1n) is 11.6. The lowest BCUT2D eigenvalue weighted by Gasteiger charge is -2.07. The Balaban J connectivity index is 1.59. The summed E-state index contributed by atoms with van der Waals surface area (Å²) in [6.45, 7) is 2.00. The maximum absolute atomic E-state index is 13.8. The van der Waals surface area contributed by atoms with Gasteiger partial charge in [-0.05, 0) is 47.4 Å². The summed E-state index contributed by atoms with van der Waals surface area (Å²) in [5.41, 5.74) is 7.91. The number of aryl methyl sites for hydroxylation is 2. The Morgan fingerprint density at radius 2 is 1.64 bits per heavy atom. The van der Waals surface area contributed by atoms with E-state index in [1.807, 2.05) is 62.5 Å².